The zero-order valence-corrected chi connectivity index (χ0v) is 15.9. The average molecular weight is 385 g/mol. The first kappa shape index (κ1) is 18.6. The summed E-state index contributed by atoms with van der Waals surface area (Å²) < 4.78 is 25.0. The molecule has 1 unspecified atom stereocenters. The van der Waals surface area contributed by atoms with Gasteiger partial charge in [0.25, 0.3) is 0 Å². The molecule has 28 heavy (non-hydrogen) atoms. The van der Waals surface area contributed by atoms with Crippen molar-refractivity contribution in [3.8, 4) is 11.5 Å². The molecular weight excluding hydrogens is 361 g/mol. The topological polar surface area (TPSA) is 54.0 Å². The summed E-state index contributed by atoms with van der Waals surface area (Å²) in [4.78, 5) is 16.8. The lowest BCUT2D eigenvalue weighted by molar-refractivity contribution is -0.120. The van der Waals surface area contributed by atoms with Crippen molar-refractivity contribution >= 4 is 17.3 Å². The van der Waals surface area contributed by atoms with Gasteiger partial charge in [-0.05, 0) is 31.2 Å². The number of halogens is 1. The Kier molecular flexibility index (Phi) is 5.34. The van der Waals surface area contributed by atoms with Crippen molar-refractivity contribution in [2.24, 2.45) is 0 Å². The first-order valence-electron chi connectivity index (χ1n) is 9.56. The molecule has 0 aromatic heterocycles. The van der Waals surface area contributed by atoms with Crippen LogP contribution in [0.1, 0.15) is 6.92 Å². The Morgan fingerprint density at radius 3 is 2.50 bits per heavy atom. The molecule has 0 saturated carbocycles. The van der Waals surface area contributed by atoms with Crippen molar-refractivity contribution in [2.75, 3.05) is 49.6 Å². The van der Waals surface area contributed by atoms with Crippen molar-refractivity contribution < 1.29 is 18.7 Å². The summed E-state index contributed by atoms with van der Waals surface area (Å²) >= 11 is 0. The molecule has 6 nitrogen and oxygen atoms in total. The molecule has 2 aromatic rings. The van der Waals surface area contributed by atoms with E-state index >= 15 is 0 Å². The first-order chi connectivity index (χ1) is 13.6. The number of para-hydroxylation sites is 1. The van der Waals surface area contributed by atoms with Gasteiger partial charge in [-0.15, -0.1) is 0 Å². The van der Waals surface area contributed by atoms with Crippen LogP contribution >= 0.6 is 0 Å². The highest BCUT2D eigenvalue weighted by atomic mass is 19.1. The summed E-state index contributed by atoms with van der Waals surface area (Å²) in [7, 11) is 0. The van der Waals surface area contributed by atoms with Crippen LogP contribution in [0.3, 0.4) is 0 Å². The summed E-state index contributed by atoms with van der Waals surface area (Å²) in [5.74, 6) is 1.06. The smallest absolute Gasteiger partial charge is 0.241 e. The quantitative estimate of drug-likeness (QED) is 0.877. The summed E-state index contributed by atoms with van der Waals surface area (Å²) in [6, 6.07) is 11.9. The van der Waals surface area contributed by atoms with Crippen molar-refractivity contribution in [1.82, 2.24) is 4.90 Å². The van der Waals surface area contributed by atoms with Crippen LogP contribution in [0.4, 0.5) is 15.8 Å². The number of nitrogens with zero attached hydrogens (tertiary/aromatic N) is 2. The Balaban J connectivity index is 1.34. The molecule has 2 aliphatic rings. The monoisotopic (exact) mass is 385 g/mol. The third kappa shape index (κ3) is 3.89. The highest BCUT2D eigenvalue weighted by Crippen LogP contribution is 2.32. The Bertz CT molecular complexity index is 853. The Labute approximate surface area is 163 Å². The summed E-state index contributed by atoms with van der Waals surface area (Å²) in [5.41, 5.74) is 1.31. The number of rotatable bonds is 4. The second kappa shape index (κ2) is 8.06. The van der Waals surface area contributed by atoms with Gasteiger partial charge in [-0.2, -0.15) is 0 Å². The van der Waals surface area contributed by atoms with Crippen LogP contribution in [0.15, 0.2) is 42.5 Å². The molecule has 1 saturated heterocycles. The second-order valence-electron chi connectivity index (χ2n) is 7.00. The van der Waals surface area contributed by atoms with E-state index in [2.05, 4.69) is 10.2 Å². The van der Waals surface area contributed by atoms with Crippen LogP contribution in [-0.2, 0) is 4.79 Å². The van der Waals surface area contributed by atoms with Crippen LogP contribution < -0.4 is 19.7 Å². The number of benzene rings is 2. The molecule has 0 bridgehead atoms. The van der Waals surface area contributed by atoms with Gasteiger partial charge in [-0.25, -0.2) is 4.39 Å². The van der Waals surface area contributed by atoms with Crippen LogP contribution in [0, 0.1) is 5.82 Å². The van der Waals surface area contributed by atoms with Gasteiger partial charge in [0.2, 0.25) is 5.91 Å². The Morgan fingerprint density at radius 1 is 1.04 bits per heavy atom. The molecule has 1 amide bonds. The normalized spacial score (nSPS) is 17.9. The van der Waals surface area contributed by atoms with E-state index in [-0.39, 0.29) is 17.8 Å². The fourth-order valence-corrected chi connectivity index (χ4v) is 3.59. The summed E-state index contributed by atoms with van der Waals surface area (Å²) in [6.45, 7) is 5.70. The van der Waals surface area contributed by atoms with Gasteiger partial charge >= 0.3 is 0 Å². The number of ether oxygens (including phenoxy) is 2. The molecule has 2 aliphatic heterocycles. The van der Waals surface area contributed by atoms with Gasteiger partial charge < -0.3 is 19.7 Å². The molecular formula is C21H24FN3O3. The fraction of sp³-hybridized carbons (Fsp3) is 0.381. The number of nitrogens with one attached hydrogen (secondary N) is 1. The highest BCUT2D eigenvalue weighted by Gasteiger charge is 2.26. The van der Waals surface area contributed by atoms with Crippen molar-refractivity contribution in [1.29, 1.82) is 0 Å². The first-order valence-corrected chi connectivity index (χ1v) is 9.56. The maximum absolute atomic E-state index is 14.0. The maximum atomic E-state index is 14.0. The second-order valence-corrected chi connectivity index (χ2v) is 7.00. The lowest BCUT2D eigenvalue weighted by Gasteiger charge is -2.38. The lowest BCUT2D eigenvalue weighted by atomic mass is 10.2. The predicted octanol–water partition coefficient (Wildman–Crippen LogP) is 2.75. The number of hydrogen-bond donors (Lipinski definition) is 1. The average Bonchev–Trinajstić information content (AvgIpc) is 2.73. The lowest BCUT2D eigenvalue weighted by Crippen LogP contribution is -2.53. The van der Waals surface area contributed by atoms with E-state index in [9.17, 15) is 9.18 Å². The minimum Gasteiger partial charge on any atom is -0.486 e. The minimum atomic E-state index is -0.282. The van der Waals surface area contributed by atoms with Gasteiger partial charge in [0, 0.05) is 37.9 Å². The highest BCUT2D eigenvalue weighted by molar-refractivity contribution is 5.94. The Hall–Kier alpha value is -2.80. The SMILES string of the molecule is CC(C(=O)Nc1ccc2c(c1)OCCO2)N1CCN(c2ccccc2F)CC1. The van der Waals surface area contributed by atoms with Gasteiger partial charge in [-0.1, -0.05) is 12.1 Å². The molecule has 0 spiro atoms. The fourth-order valence-electron chi connectivity index (χ4n) is 3.59. The standard InChI is InChI=1S/C21H24FN3O3/c1-15(21(26)23-16-6-7-19-20(14-16)28-13-12-27-19)24-8-10-25(11-9-24)18-5-3-2-4-17(18)22/h2-7,14-15H,8-13H2,1H3,(H,23,26). The molecule has 0 aliphatic carbocycles. The molecule has 1 atom stereocenters. The summed E-state index contributed by atoms with van der Waals surface area (Å²) in [6.07, 6.45) is 0. The van der Waals surface area contributed by atoms with E-state index in [1.54, 1.807) is 18.2 Å². The summed E-state index contributed by atoms with van der Waals surface area (Å²) in [5, 5.41) is 2.95. The number of anilines is 2. The minimum absolute atomic E-state index is 0.0731. The molecule has 0 radical (unpaired) electrons. The van der Waals surface area contributed by atoms with Crippen molar-refractivity contribution in [3.63, 3.8) is 0 Å². The van der Waals surface area contributed by atoms with Gasteiger partial charge in [0.1, 0.15) is 19.0 Å². The third-order valence-corrected chi connectivity index (χ3v) is 5.24. The van der Waals surface area contributed by atoms with E-state index in [0.29, 0.717) is 62.3 Å². The number of carbonyl (C=O) groups excluding carboxylic acids is 1. The van der Waals surface area contributed by atoms with Crippen LogP contribution in [0.2, 0.25) is 0 Å². The number of carbonyl (C=O) groups is 1. The van der Waals surface area contributed by atoms with E-state index in [0.717, 1.165) is 0 Å². The van der Waals surface area contributed by atoms with Crippen molar-refractivity contribution in [3.05, 3.63) is 48.3 Å². The molecule has 1 fully saturated rings. The molecule has 1 N–H and O–H groups in total. The number of fused-ring (bicyclic) bond motifs is 1. The number of amides is 1. The zero-order valence-electron chi connectivity index (χ0n) is 15.9. The van der Waals surface area contributed by atoms with Crippen molar-refractivity contribution in [2.45, 2.75) is 13.0 Å². The van der Waals surface area contributed by atoms with Gasteiger partial charge in [-0.3, -0.25) is 9.69 Å². The van der Waals surface area contributed by atoms with Gasteiger partial charge in [0.15, 0.2) is 11.5 Å². The Morgan fingerprint density at radius 2 is 1.75 bits per heavy atom. The van der Waals surface area contributed by atoms with E-state index in [4.69, 9.17) is 9.47 Å². The van der Waals surface area contributed by atoms with Crippen LogP contribution in [-0.4, -0.2) is 56.2 Å². The van der Waals surface area contributed by atoms with Crippen LogP contribution in [0.5, 0.6) is 11.5 Å². The van der Waals surface area contributed by atoms with E-state index in [1.165, 1.54) is 6.07 Å². The van der Waals surface area contributed by atoms with E-state index < -0.39 is 0 Å². The van der Waals surface area contributed by atoms with E-state index in [1.807, 2.05) is 30.0 Å². The number of piperazine rings is 1. The van der Waals surface area contributed by atoms with Gasteiger partial charge in [0.05, 0.1) is 11.7 Å². The maximum Gasteiger partial charge on any atom is 0.241 e. The molecule has 148 valence electrons. The zero-order chi connectivity index (χ0) is 19.5. The largest absolute Gasteiger partial charge is 0.486 e. The molecule has 2 heterocycles. The number of hydrogen-bond acceptors (Lipinski definition) is 5. The predicted molar refractivity (Wildman–Crippen MR) is 106 cm³/mol. The molecule has 7 heteroatoms. The van der Waals surface area contributed by atoms with Crippen LogP contribution in [0.25, 0.3) is 0 Å². The third-order valence-electron chi connectivity index (χ3n) is 5.24. The molecule has 2 aromatic carbocycles. The molecule has 4 rings (SSSR count).